The van der Waals surface area contributed by atoms with Gasteiger partial charge in [0, 0.05) is 42.8 Å². The fraction of sp³-hybridized carbons (Fsp3) is 0.233. The van der Waals surface area contributed by atoms with Gasteiger partial charge in [0.1, 0.15) is 29.7 Å². The van der Waals surface area contributed by atoms with Crippen molar-refractivity contribution in [1.29, 1.82) is 0 Å². The van der Waals surface area contributed by atoms with Gasteiger partial charge >= 0.3 is 0 Å². The van der Waals surface area contributed by atoms with Gasteiger partial charge in [-0.2, -0.15) is 0 Å². The number of fused-ring (bicyclic) bond motifs is 4. The van der Waals surface area contributed by atoms with Crippen LogP contribution in [0.3, 0.4) is 0 Å². The van der Waals surface area contributed by atoms with Gasteiger partial charge in [0.25, 0.3) is 0 Å². The lowest BCUT2D eigenvalue weighted by Gasteiger charge is -2.30. The van der Waals surface area contributed by atoms with Gasteiger partial charge in [0.15, 0.2) is 5.76 Å². The van der Waals surface area contributed by atoms with E-state index in [0.29, 0.717) is 36.9 Å². The minimum atomic E-state index is -0.109. The predicted molar refractivity (Wildman–Crippen MR) is 141 cm³/mol. The molecule has 0 fully saturated rings. The maximum Gasteiger partial charge on any atom is 0.232 e. The lowest BCUT2D eigenvalue weighted by atomic mass is 9.98. The van der Waals surface area contributed by atoms with Crippen molar-refractivity contribution in [2.75, 3.05) is 21.0 Å². The largest absolute Gasteiger partial charge is 0.497 e. The monoisotopic (exact) mass is 496 g/mol. The molecule has 2 aliphatic rings. The van der Waals surface area contributed by atoms with E-state index < -0.39 is 0 Å². The summed E-state index contributed by atoms with van der Waals surface area (Å²) in [5.74, 6) is 3.17. The molecule has 3 heterocycles. The Morgan fingerprint density at radius 1 is 1.03 bits per heavy atom. The van der Waals surface area contributed by atoms with Gasteiger partial charge < -0.3 is 23.5 Å². The van der Waals surface area contributed by atoms with Gasteiger partial charge in [-0.1, -0.05) is 12.1 Å². The van der Waals surface area contributed by atoms with Crippen molar-refractivity contribution in [2.24, 2.45) is 7.05 Å². The van der Waals surface area contributed by atoms with Gasteiger partial charge in [-0.15, -0.1) is 0 Å². The number of benzene rings is 3. The summed E-state index contributed by atoms with van der Waals surface area (Å²) in [6.45, 7) is 3.72. The number of carbonyl (C=O) groups excluding carboxylic acids is 1. The van der Waals surface area contributed by atoms with Crippen molar-refractivity contribution in [3.8, 4) is 23.0 Å². The molecule has 3 aromatic carbocycles. The van der Waals surface area contributed by atoms with Crippen molar-refractivity contribution in [3.63, 3.8) is 0 Å². The summed E-state index contributed by atoms with van der Waals surface area (Å²) in [6.07, 6.45) is 3.83. The van der Waals surface area contributed by atoms with E-state index in [4.69, 9.17) is 18.9 Å². The van der Waals surface area contributed by atoms with E-state index in [1.54, 1.807) is 14.2 Å². The van der Waals surface area contributed by atoms with E-state index in [1.807, 2.05) is 79.3 Å². The average molecular weight is 497 g/mol. The zero-order valence-electron chi connectivity index (χ0n) is 21.3. The summed E-state index contributed by atoms with van der Waals surface area (Å²) in [4.78, 5) is 15.7. The van der Waals surface area contributed by atoms with Gasteiger partial charge in [-0.3, -0.25) is 9.69 Å². The zero-order chi connectivity index (χ0) is 25.7. The highest BCUT2D eigenvalue weighted by molar-refractivity contribution is 6.16. The molecule has 0 spiro atoms. The van der Waals surface area contributed by atoms with E-state index in [1.165, 1.54) is 0 Å². The highest BCUT2D eigenvalue weighted by Crippen LogP contribution is 2.44. The van der Waals surface area contributed by atoms with E-state index >= 15 is 0 Å². The first-order valence-corrected chi connectivity index (χ1v) is 12.2. The minimum Gasteiger partial charge on any atom is -0.497 e. The number of methoxy groups -OCH3 is 2. The molecule has 0 atom stereocenters. The van der Waals surface area contributed by atoms with Crippen molar-refractivity contribution in [3.05, 3.63) is 88.3 Å². The molecule has 0 unspecified atom stereocenters. The summed E-state index contributed by atoms with van der Waals surface area (Å²) >= 11 is 0. The number of aromatic nitrogens is 1. The molecule has 0 saturated carbocycles. The van der Waals surface area contributed by atoms with Crippen LogP contribution in [0.1, 0.15) is 32.6 Å². The van der Waals surface area contributed by atoms with Crippen LogP contribution >= 0.6 is 0 Å². The molecule has 0 saturated heterocycles. The lowest BCUT2D eigenvalue weighted by Crippen LogP contribution is -2.31. The normalized spacial score (nSPS) is 15.9. The van der Waals surface area contributed by atoms with Crippen molar-refractivity contribution in [1.82, 2.24) is 9.47 Å². The molecule has 0 amide bonds. The van der Waals surface area contributed by atoms with Gasteiger partial charge in [-0.05, 0) is 60.5 Å². The molecule has 0 N–H and O–H groups in total. The van der Waals surface area contributed by atoms with Crippen LogP contribution in [0.2, 0.25) is 0 Å². The highest BCUT2D eigenvalue weighted by Gasteiger charge is 2.35. The molecule has 37 heavy (non-hydrogen) atoms. The molecule has 0 radical (unpaired) electrons. The van der Waals surface area contributed by atoms with E-state index in [-0.39, 0.29) is 5.78 Å². The molecular weight excluding hydrogens is 468 g/mol. The Morgan fingerprint density at radius 2 is 1.78 bits per heavy atom. The summed E-state index contributed by atoms with van der Waals surface area (Å²) in [5, 5.41) is 0.995. The van der Waals surface area contributed by atoms with E-state index in [2.05, 4.69) is 4.90 Å². The second-order valence-corrected chi connectivity index (χ2v) is 9.50. The Hall–Kier alpha value is -4.23. The summed E-state index contributed by atoms with van der Waals surface area (Å²) < 4.78 is 25.1. The van der Waals surface area contributed by atoms with Crippen LogP contribution < -0.4 is 18.9 Å². The summed E-state index contributed by atoms with van der Waals surface area (Å²) in [6, 6.07) is 15.9. The smallest absolute Gasteiger partial charge is 0.232 e. The Bertz CT molecular complexity index is 1570. The van der Waals surface area contributed by atoms with Crippen molar-refractivity contribution >= 4 is 22.8 Å². The van der Waals surface area contributed by atoms with Gasteiger partial charge in [0.2, 0.25) is 5.78 Å². The second kappa shape index (κ2) is 9.01. The lowest BCUT2D eigenvalue weighted by molar-refractivity contribution is 0.0872. The maximum atomic E-state index is 13.5. The van der Waals surface area contributed by atoms with Crippen LogP contribution in [0.4, 0.5) is 0 Å². The molecule has 7 heteroatoms. The molecular formula is C30H28N2O5. The Morgan fingerprint density at radius 3 is 2.54 bits per heavy atom. The van der Waals surface area contributed by atoms with E-state index in [9.17, 15) is 4.79 Å². The molecule has 2 aliphatic heterocycles. The highest BCUT2D eigenvalue weighted by atomic mass is 16.5. The van der Waals surface area contributed by atoms with Crippen molar-refractivity contribution in [2.45, 2.75) is 20.0 Å². The standard InChI is InChI=1S/C30H28N2O5/c1-18-11-26-24(16-32(17-36-26)14-19-5-7-21(34-3)8-6-19)30-28(18)29(33)27(37-30)12-20-15-31(2)25-10-9-22(35-4)13-23(20)25/h5-13,15H,14,16-17H2,1-4H3/b27-12-. The summed E-state index contributed by atoms with van der Waals surface area (Å²) in [5.41, 5.74) is 5.46. The van der Waals surface area contributed by atoms with Gasteiger partial charge in [-0.25, -0.2) is 0 Å². The number of rotatable bonds is 5. The third-order valence-corrected chi connectivity index (χ3v) is 7.07. The predicted octanol–water partition coefficient (Wildman–Crippen LogP) is 5.47. The molecule has 6 rings (SSSR count). The molecule has 0 aliphatic carbocycles. The quantitative estimate of drug-likeness (QED) is 0.342. The third kappa shape index (κ3) is 4.01. The number of ether oxygens (including phenoxy) is 4. The first kappa shape index (κ1) is 23.2. The number of ketones is 1. The number of aryl methyl sites for hydroxylation is 2. The third-order valence-electron chi connectivity index (χ3n) is 7.07. The fourth-order valence-corrected chi connectivity index (χ4v) is 5.15. The Balaban J connectivity index is 1.33. The molecule has 188 valence electrons. The molecule has 7 nitrogen and oxygen atoms in total. The summed E-state index contributed by atoms with van der Waals surface area (Å²) in [7, 11) is 5.29. The van der Waals surface area contributed by atoms with Crippen LogP contribution in [-0.4, -0.2) is 36.2 Å². The van der Waals surface area contributed by atoms with Gasteiger partial charge in [0.05, 0.1) is 25.3 Å². The van der Waals surface area contributed by atoms with E-state index in [0.717, 1.165) is 50.4 Å². The first-order chi connectivity index (χ1) is 17.9. The van der Waals surface area contributed by atoms with Crippen molar-refractivity contribution < 1.29 is 23.7 Å². The average Bonchev–Trinajstić information content (AvgIpc) is 3.41. The molecule has 4 aromatic rings. The number of hydrogen-bond donors (Lipinski definition) is 0. The SMILES string of the molecule is COc1ccc(CN2COc3cc(C)c4c(c3C2)O/C(=C\c2cn(C)c3ccc(OC)cc23)C4=O)cc1. The first-order valence-electron chi connectivity index (χ1n) is 12.2. The number of hydrogen-bond acceptors (Lipinski definition) is 6. The number of nitrogens with zero attached hydrogens (tertiary/aromatic N) is 2. The van der Waals surface area contributed by atoms with Crippen LogP contribution in [0.5, 0.6) is 23.0 Å². The Kier molecular flexibility index (Phi) is 5.65. The van der Waals surface area contributed by atoms with Crippen LogP contribution in [0, 0.1) is 6.92 Å². The number of allylic oxidation sites excluding steroid dienone is 1. The molecule has 0 bridgehead atoms. The fourth-order valence-electron chi connectivity index (χ4n) is 5.15. The van der Waals surface area contributed by atoms with Crippen LogP contribution in [0.25, 0.3) is 17.0 Å². The maximum absolute atomic E-state index is 13.5. The Labute approximate surface area is 215 Å². The number of carbonyl (C=O) groups is 1. The molecule has 1 aromatic heterocycles. The second-order valence-electron chi connectivity index (χ2n) is 9.50. The zero-order valence-corrected chi connectivity index (χ0v) is 21.3. The minimum absolute atomic E-state index is 0.109. The number of Topliss-reactive ketones (excluding diaryl/α,β-unsaturated/α-hetero) is 1. The van der Waals surface area contributed by atoms with Crippen LogP contribution in [0.15, 0.2) is 60.5 Å². The van der Waals surface area contributed by atoms with Crippen LogP contribution in [-0.2, 0) is 20.1 Å². The topological polar surface area (TPSA) is 62.2 Å².